The second-order valence-electron chi connectivity index (χ2n) is 10.8. The predicted octanol–water partition coefficient (Wildman–Crippen LogP) is 8.86. The van der Waals surface area contributed by atoms with Crippen LogP contribution in [0, 0.1) is 23.7 Å². The van der Waals surface area contributed by atoms with Crippen LogP contribution < -0.4 is 0 Å². The van der Waals surface area contributed by atoms with Gasteiger partial charge in [0.2, 0.25) is 0 Å². The zero-order chi connectivity index (χ0) is 19.3. The van der Waals surface area contributed by atoms with Crippen LogP contribution in [0.4, 0.5) is 0 Å². The molecular weight excluding hydrogens is 336 g/mol. The van der Waals surface area contributed by atoms with Gasteiger partial charge in [-0.05, 0) is 111 Å². The topological polar surface area (TPSA) is 0 Å². The van der Waals surface area contributed by atoms with Crippen LogP contribution in [-0.4, -0.2) is 0 Å². The molecular formula is C28H44. The Hall–Kier alpha value is -0.780. The molecule has 3 aliphatic rings. The Bertz CT molecular complexity index is 561. The predicted molar refractivity (Wildman–Crippen MR) is 122 cm³/mol. The zero-order valence-electron chi connectivity index (χ0n) is 18.7. The molecule has 0 aliphatic heterocycles. The van der Waals surface area contributed by atoms with E-state index in [4.69, 9.17) is 0 Å². The third-order valence-electron chi connectivity index (χ3n) is 8.92. The molecule has 3 aliphatic carbocycles. The molecule has 0 nitrogen and oxygen atoms in total. The lowest BCUT2D eigenvalue weighted by molar-refractivity contribution is 0.165. The molecule has 0 saturated heterocycles. The van der Waals surface area contributed by atoms with Crippen molar-refractivity contribution in [3.63, 3.8) is 0 Å². The fourth-order valence-electron chi connectivity index (χ4n) is 6.91. The van der Waals surface area contributed by atoms with E-state index in [0.717, 1.165) is 35.5 Å². The largest absolute Gasteiger partial charge is 0.0654 e. The first-order valence-electron chi connectivity index (χ1n) is 12.8. The van der Waals surface area contributed by atoms with Gasteiger partial charge in [-0.2, -0.15) is 0 Å². The molecule has 0 atom stereocenters. The van der Waals surface area contributed by atoms with Gasteiger partial charge in [0.05, 0.1) is 0 Å². The molecule has 0 spiro atoms. The maximum absolute atomic E-state index is 2.50. The van der Waals surface area contributed by atoms with Crippen molar-refractivity contribution in [2.75, 3.05) is 0 Å². The summed E-state index contributed by atoms with van der Waals surface area (Å²) in [7, 11) is 0. The summed E-state index contributed by atoms with van der Waals surface area (Å²) in [4.78, 5) is 0. The molecule has 3 fully saturated rings. The van der Waals surface area contributed by atoms with Crippen LogP contribution in [0.1, 0.15) is 127 Å². The van der Waals surface area contributed by atoms with E-state index in [-0.39, 0.29) is 0 Å². The lowest BCUT2D eigenvalue weighted by atomic mass is 9.68. The molecule has 0 unspecified atom stereocenters. The quantitative estimate of drug-likeness (QED) is 0.478. The van der Waals surface area contributed by atoms with Gasteiger partial charge in [-0.15, -0.1) is 0 Å². The fourth-order valence-corrected chi connectivity index (χ4v) is 6.91. The first-order valence-corrected chi connectivity index (χ1v) is 12.8. The van der Waals surface area contributed by atoms with E-state index in [1.165, 1.54) is 89.9 Å². The average molecular weight is 381 g/mol. The lowest BCUT2D eigenvalue weighted by Gasteiger charge is -2.37. The van der Waals surface area contributed by atoms with Crippen molar-refractivity contribution in [2.24, 2.45) is 23.7 Å². The maximum Gasteiger partial charge on any atom is -0.0162 e. The van der Waals surface area contributed by atoms with E-state index in [0.29, 0.717) is 0 Å². The van der Waals surface area contributed by atoms with Crippen molar-refractivity contribution in [3.05, 3.63) is 35.4 Å². The first-order chi connectivity index (χ1) is 13.7. The molecule has 4 rings (SSSR count). The zero-order valence-corrected chi connectivity index (χ0v) is 18.7. The number of rotatable bonds is 5. The van der Waals surface area contributed by atoms with Crippen LogP contribution >= 0.6 is 0 Å². The van der Waals surface area contributed by atoms with Crippen LogP contribution in [0.2, 0.25) is 0 Å². The van der Waals surface area contributed by atoms with Crippen molar-refractivity contribution in [3.8, 4) is 0 Å². The van der Waals surface area contributed by atoms with Crippen molar-refractivity contribution in [1.29, 1.82) is 0 Å². The Balaban J connectivity index is 1.26. The summed E-state index contributed by atoms with van der Waals surface area (Å²) < 4.78 is 0. The highest BCUT2D eigenvalue weighted by Gasteiger charge is 2.30. The molecule has 3 saturated carbocycles. The SMILES string of the molecule is CCCC1CCC(c2ccc(C3CCC(C4CCC(C)CC4)CC3)cc2)CC1. The highest BCUT2D eigenvalue weighted by Crippen LogP contribution is 2.44. The molecule has 0 heterocycles. The third-order valence-corrected chi connectivity index (χ3v) is 8.92. The lowest BCUT2D eigenvalue weighted by Crippen LogP contribution is -2.24. The summed E-state index contributed by atoms with van der Waals surface area (Å²) in [6.07, 6.45) is 20.5. The molecule has 0 N–H and O–H groups in total. The molecule has 0 bridgehead atoms. The van der Waals surface area contributed by atoms with Crippen LogP contribution in [0.3, 0.4) is 0 Å². The Morgan fingerprint density at radius 3 is 1.50 bits per heavy atom. The van der Waals surface area contributed by atoms with Gasteiger partial charge in [-0.3, -0.25) is 0 Å². The van der Waals surface area contributed by atoms with Crippen molar-refractivity contribution in [2.45, 2.75) is 116 Å². The summed E-state index contributed by atoms with van der Waals surface area (Å²) in [5.74, 6) is 5.79. The van der Waals surface area contributed by atoms with Crippen molar-refractivity contribution >= 4 is 0 Å². The van der Waals surface area contributed by atoms with E-state index in [1.807, 2.05) is 0 Å². The molecule has 0 heteroatoms. The minimum Gasteiger partial charge on any atom is -0.0654 e. The number of hydrogen-bond acceptors (Lipinski definition) is 0. The third kappa shape index (κ3) is 5.03. The van der Waals surface area contributed by atoms with E-state index in [9.17, 15) is 0 Å². The Labute approximate surface area is 174 Å². The summed E-state index contributed by atoms with van der Waals surface area (Å²) in [6, 6.07) is 9.99. The Morgan fingerprint density at radius 2 is 1.04 bits per heavy atom. The van der Waals surface area contributed by atoms with Gasteiger partial charge in [0, 0.05) is 0 Å². The minimum absolute atomic E-state index is 0.839. The van der Waals surface area contributed by atoms with Crippen molar-refractivity contribution in [1.82, 2.24) is 0 Å². The summed E-state index contributed by atoms with van der Waals surface area (Å²) in [5, 5.41) is 0. The van der Waals surface area contributed by atoms with E-state index in [1.54, 1.807) is 11.1 Å². The summed E-state index contributed by atoms with van der Waals surface area (Å²) >= 11 is 0. The number of benzene rings is 1. The van der Waals surface area contributed by atoms with Crippen LogP contribution in [0.15, 0.2) is 24.3 Å². The minimum atomic E-state index is 0.839. The maximum atomic E-state index is 2.50. The van der Waals surface area contributed by atoms with Gasteiger partial charge < -0.3 is 0 Å². The monoisotopic (exact) mass is 380 g/mol. The molecule has 0 amide bonds. The van der Waals surface area contributed by atoms with Gasteiger partial charge in [-0.1, -0.05) is 63.8 Å². The molecule has 156 valence electrons. The normalized spacial score (nSPS) is 36.9. The summed E-state index contributed by atoms with van der Waals surface area (Å²) in [6.45, 7) is 4.79. The first kappa shape index (κ1) is 20.5. The molecule has 28 heavy (non-hydrogen) atoms. The van der Waals surface area contributed by atoms with E-state index < -0.39 is 0 Å². The standard InChI is InChI=1S/C28H44/c1-3-4-22-7-11-24(12-8-22)26-15-19-28(20-16-26)27-17-13-25(14-18-27)23-9-5-21(2)6-10-23/h15-16,19-25,27H,3-14,17-18H2,1-2H3. The van der Waals surface area contributed by atoms with Gasteiger partial charge in [0.1, 0.15) is 0 Å². The second kappa shape index (κ2) is 9.82. The van der Waals surface area contributed by atoms with E-state index >= 15 is 0 Å². The highest BCUT2D eigenvalue weighted by atomic mass is 14.4. The molecule has 0 radical (unpaired) electrons. The smallest absolute Gasteiger partial charge is 0.0162 e. The Morgan fingerprint density at radius 1 is 0.607 bits per heavy atom. The Kier molecular flexibility index (Phi) is 7.18. The van der Waals surface area contributed by atoms with Gasteiger partial charge in [0.15, 0.2) is 0 Å². The highest BCUT2D eigenvalue weighted by molar-refractivity contribution is 5.28. The summed E-state index contributed by atoms with van der Waals surface area (Å²) in [5.41, 5.74) is 3.27. The van der Waals surface area contributed by atoms with Gasteiger partial charge in [0.25, 0.3) is 0 Å². The molecule has 1 aromatic carbocycles. The van der Waals surface area contributed by atoms with Crippen LogP contribution in [0.5, 0.6) is 0 Å². The van der Waals surface area contributed by atoms with Crippen molar-refractivity contribution < 1.29 is 0 Å². The van der Waals surface area contributed by atoms with Crippen LogP contribution in [-0.2, 0) is 0 Å². The fraction of sp³-hybridized carbons (Fsp3) is 0.786. The average Bonchev–Trinajstić information content (AvgIpc) is 2.75. The second-order valence-corrected chi connectivity index (χ2v) is 10.8. The van der Waals surface area contributed by atoms with Crippen LogP contribution in [0.25, 0.3) is 0 Å². The van der Waals surface area contributed by atoms with E-state index in [2.05, 4.69) is 38.1 Å². The van der Waals surface area contributed by atoms with Gasteiger partial charge in [-0.25, -0.2) is 0 Å². The molecule has 0 aromatic heterocycles. The number of hydrogen-bond donors (Lipinski definition) is 0. The molecule has 1 aromatic rings. The van der Waals surface area contributed by atoms with Gasteiger partial charge >= 0.3 is 0 Å².